The molecule has 1 aliphatic heterocycles. The van der Waals surface area contributed by atoms with Crippen molar-refractivity contribution in [3.8, 4) is 11.5 Å². The lowest BCUT2D eigenvalue weighted by Gasteiger charge is -2.18. The first-order valence-corrected chi connectivity index (χ1v) is 11.4. The standard InChI is InChI=1S/C19H22N2O5S2/c1-20-28(23,24)13-15-4-2-14(3-5-15)11-21-19(22)12-27-16-6-7-17-18(10-16)26-9-8-25-17/h2-7,10,20H,8-9,11-13H2,1H3,(H,21,22). The van der Waals surface area contributed by atoms with E-state index < -0.39 is 10.0 Å². The Morgan fingerprint density at radius 3 is 2.43 bits per heavy atom. The third-order valence-electron chi connectivity index (χ3n) is 4.06. The van der Waals surface area contributed by atoms with E-state index in [1.54, 1.807) is 12.1 Å². The van der Waals surface area contributed by atoms with Gasteiger partial charge in [-0.25, -0.2) is 13.1 Å². The number of carbonyl (C=O) groups excluding carboxylic acids is 1. The Morgan fingerprint density at radius 1 is 1.04 bits per heavy atom. The number of sulfonamides is 1. The summed E-state index contributed by atoms with van der Waals surface area (Å²) in [4.78, 5) is 13.0. The smallest absolute Gasteiger partial charge is 0.230 e. The van der Waals surface area contributed by atoms with Gasteiger partial charge < -0.3 is 14.8 Å². The number of nitrogens with one attached hydrogen (secondary N) is 2. The van der Waals surface area contributed by atoms with Gasteiger partial charge in [-0.3, -0.25) is 4.79 Å². The average Bonchev–Trinajstić information content (AvgIpc) is 2.71. The molecule has 0 saturated heterocycles. The Balaban J connectivity index is 1.45. The molecule has 9 heteroatoms. The number of benzene rings is 2. The molecule has 1 aliphatic rings. The SMILES string of the molecule is CNS(=O)(=O)Cc1ccc(CNC(=O)CSc2ccc3c(c2)OCCO3)cc1. The predicted molar refractivity (Wildman–Crippen MR) is 108 cm³/mol. The lowest BCUT2D eigenvalue weighted by molar-refractivity contribution is -0.118. The molecule has 28 heavy (non-hydrogen) atoms. The number of rotatable bonds is 8. The molecule has 2 N–H and O–H groups in total. The van der Waals surface area contributed by atoms with Crippen molar-refractivity contribution in [3.05, 3.63) is 53.6 Å². The van der Waals surface area contributed by atoms with Crippen molar-refractivity contribution in [1.82, 2.24) is 10.0 Å². The summed E-state index contributed by atoms with van der Waals surface area (Å²) in [6, 6.07) is 12.8. The Labute approximate surface area is 168 Å². The van der Waals surface area contributed by atoms with E-state index in [9.17, 15) is 13.2 Å². The molecular weight excluding hydrogens is 400 g/mol. The molecule has 1 amide bonds. The van der Waals surface area contributed by atoms with Gasteiger partial charge in [0.2, 0.25) is 15.9 Å². The van der Waals surface area contributed by atoms with Crippen molar-refractivity contribution < 1.29 is 22.7 Å². The van der Waals surface area contributed by atoms with Crippen LogP contribution in [-0.2, 0) is 27.1 Å². The third kappa shape index (κ3) is 5.88. The number of hydrogen-bond donors (Lipinski definition) is 2. The molecule has 7 nitrogen and oxygen atoms in total. The van der Waals surface area contributed by atoms with E-state index in [2.05, 4.69) is 10.0 Å². The summed E-state index contributed by atoms with van der Waals surface area (Å²) in [6.45, 7) is 1.47. The summed E-state index contributed by atoms with van der Waals surface area (Å²) >= 11 is 1.43. The number of carbonyl (C=O) groups is 1. The number of fused-ring (bicyclic) bond motifs is 1. The van der Waals surface area contributed by atoms with Gasteiger partial charge in [0.25, 0.3) is 0 Å². The summed E-state index contributed by atoms with van der Waals surface area (Å²) in [5.74, 6) is 1.57. The van der Waals surface area contributed by atoms with Gasteiger partial charge in [-0.1, -0.05) is 24.3 Å². The minimum Gasteiger partial charge on any atom is -0.486 e. The van der Waals surface area contributed by atoms with Crippen LogP contribution in [0.25, 0.3) is 0 Å². The highest BCUT2D eigenvalue weighted by Gasteiger charge is 2.13. The van der Waals surface area contributed by atoms with Crippen LogP contribution in [0.1, 0.15) is 11.1 Å². The Bertz CT molecular complexity index is 930. The van der Waals surface area contributed by atoms with Crippen LogP contribution >= 0.6 is 11.8 Å². The summed E-state index contributed by atoms with van der Waals surface area (Å²) in [7, 11) is -1.90. The topological polar surface area (TPSA) is 93.7 Å². The quantitative estimate of drug-likeness (QED) is 0.632. The maximum atomic E-state index is 12.1. The second kappa shape index (κ2) is 9.31. The summed E-state index contributed by atoms with van der Waals surface area (Å²) < 4.78 is 36.4. The molecule has 2 aromatic rings. The van der Waals surface area contributed by atoms with Gasteiger partial charge in [0.05, 0.1) is 11.5 Å². The minimum atomic E-state index is -3.29. The van der Waals surface area contributed by atoms with E-state index in [-0.39, 0.29) is 17.4 Å². The average molecular weight is 423 g/mol. The fourth-order valence-electron chi connectivity index (χ4n) is 2.56. The number of ether oxygens (including phenoxy) is 2. The van der Waals surface area contributed by atoms with E-state index in [0.717, 1.165) is 16.2 Å². The summed E-state index contributed by atoms with van der Waals surface area (Å²) in [5, 5.41) is 2.86. The fraction of sp³-hybridized carbons (Fsp3) is 0.316. The van der Waals surface area contributed by atoms with Crippen LogP contribution in [-0.4, -0.2) is 40.3 Å². The first-order valence-electron chi connectivity index (χ1n) is 8.73. The van der Waals surface area contributed by atoms with E-state index in [4.69, 9.17) is 9.47 Å². The van der Waals surface area contributed by atoms with E-state index in [0.29, 0.717) is 31.1 Å². The molecule has 150 valence electrons. The normalized spacial score (nSPS) is 13.2. The molecule has 0 fully saturated rings. The van der Waals surface area contributed by atoms with Gasteiger partial charge >= 0.3 is 0 Å². The maximum absolute atomic E-state index is 12.1. The summed E-state index contributed by atoms with van der Waals surface area (Å²) in [5.41, 5.74) is 1.60. The van der Waals surface area contributed by atoms with E-state index in [1.807, 2.05) is 30.3 Å². The van der Waals surface area contributed by atoms with Gasteiger partial charge in [-0.05, 0) is 36.4 Å². The first kappa shape index (κ1) is 20.5. The monoisotopic (exact) mass is 422 g/mol. The predicted octanol–water partition coefficient (Wildman–Crippen LogP) is 1.92. The molecule has 2 aromatic carbocycles. The van der Waals surface area contributed by atoms with Gasteiger partial charge in [0.15, 0.2) is 11.5 Å². The number of hydrogen-bond acceptors (Lipinski definition) is 6. The van der Waals surface area contributed by atoms with Crippen LogP contribution in [0.4, 0.5) is 0 Å². The highest BCUT2D eigenvalue weighted by Crippen LogP contribution is 2.34. The number of thioether (sulfide) groups is 1. The molecule has 0 saturated carbocycles. The fourth-order valence-corrected chi connectivity index (χ4v) is 4.09. The zero-order valence-electron chi connectivity index (χ0n) is 15.4. The van der Waals surface area contributed by atoms with Crippen molar-refractivity contribution in [3.63, 3.8) is 0 Å². The highest BCUT2D eigenvalue weighted by molar-refractivity contribution is 8.00. The van der Waals surface area contributed by atoms with Crippen LogP contribution in [0.15, 0.2) is 47.4 Å². The van der Waals surface area contributed by atoms with Gasteiger partial charge in [0.1, 0.15) is 13.2 Å². The van der Waals surface area contributed by atoms with Crippen molar-refractivity contribution >= 4 is 27.7 Å². The van der Waals surface area contributed by atoms with Gasteiger partial charge in [0, 0.05) is 11.4 Å². The molecule has 0 spiro atoms. The van der Waals surface area contributed by atoms with Gasteiger partial charge in [-0.15, -0.1) is 11.8 Å². The zero-order valence-corrected chi connectivity index (χ0v) is 17.1. The molecule has 3 rings (SSSR count). The minimum absolute atomic E-state index is 0.0672. The molecule has 0 unspecified atom stereocenters. The Kier molecular flexibility index (Phi) is 6.82. The lowest BCUT2D eigenvalue weighted by atomic mass is 10.1. The molecule has 0 radical (unpaired) electrons. The van der Waals surface area contributed by atoms with Gasteiger partial charge in [-0.2, -0.15) is 0 Å². The second-order valence-corrected chi connectivity index (χ2v) is 9.13. The maximum Gasteiger partial charge on any atom is 0.230 e. The molecule has 0 aromatic heterocycles. The molecule has 0 atom stereocenters. The van der Waals surface area contributed by atoms with Crippen LogP contribution in [0.5, 0.6) is 11.5 Å². The molecule has 1 heterocycles. The van der Waals surface area contributed by atoms with Crippen molar-refractivity contribution in [1.29, 1.82) is 0 Å². The van der Waals surface area contributed by atoms with Crippen LogP contribution < -0.4 is 19.5 Å². The Morgan fingerprint density at radius 2 is 1.71 bits per heavy atom. The molecular formula is C19H22N2O5S2. The first-order chi connectivity index (χ1) is 13.4. The van der Waals surface area contributed by atoms with E-state index in [1.165, 1.54) is 18.8 Å². The molecule has 0 aliphatic carbocycles. The van der Waals surface area contributed by atoms with Crippen LogP contribution in [0, 0.1) is 0 Å². The largest absolute Gasteiger partial charge is 0.486 e. The van der Waals surface area contributed by atoms with Crippen LogP contribution in [0.2, 0.25) is 0 Å². The van der Waals surface area contributed by atoms with E-state index >= 15 is 0 Å². The lowest BCUT2D eigenvalue weighted by Crippen LogP contribution is -2.24. The second-order valence-electron chi connectivity index (χ2n) is 6.15. The number of amides is 1. The zero-order chi connectivity index (χ0) is 20.0. The summed E-state index contributed by atoms with van der Waals surface area (Å²) in [6.07, 6.45) is 0. The Hall–Kier alpha value is -2.23. The van der Waals surface area contributed by atoms with Crippen molar-refractivity contribution in [2.45, 2.75) is 17.2 Å². The highest BCUT2D eigenvalue weighted by atomic mass is 32.2. The molecule has 0 bridgehead atoms. The van der Waals surface area contributed by atoms with Crippen molar-refractivity contribution in [2.75, 3.05) is 26.0 Å². The van der Waals surface area contributed by atoms with Crippen molar-refractivity contribution in [2.24, 2.45) is 0 Å². The van der Waals surface area contributed by atoms with Crippen LogP contribution in [0.3, 0.4) is 0 Å². The third-order valence-corrected chi connectivity index (χ3v) is 6.39.